The Kier molecular flexibility index (Phi) is 4.75. The van der Waals surface area contributed by atoms with Gasteiger partial charge in [0.1, 0.15) is 5.82 Å². The molecule has 116 valence electrons. The maximum absolute atomic E-state index is 11.9. The lowest BCUT2D eigenvalue weighted by Gasteiger charge is -2.13. The fourth-order valence-corrected chi connectivity index (χ4v) is 2.78. The largest absolute Gasteiger partial charge is 0.324 e. The zero-order chi connectivity index (χ0) is 15.4. The van der Waals surface area contributed by atoms with E-state index in [9.17, 15) is 4.79 Å². The zero-order valence-electron chi connectivity index (χ0n) is 12.2. The fourth-order valence-electron chi connectivity index (χ4n) is 2.64. The predicted octanol–water partition coefficient (Wildman–Crippen LogP) is 2.81. The number of nitrogens with one attached hydrogen (secondary N) is 3. The molecule has 0 saturated carbocycles. The molecule has 0 aliphatic carbocycles. The molecule has 0 aromatic heterocycles. The van der Waals surface area contributed by atoms with Crippen molar-refractivity contribution in [3.05, 3.63) is 41.7 Å². The van der Waals surface area contributed by atoms with Gasteiger partial charge in [-0.25, -0.2) is 9.79 Å². The lowest BCUT2D eigenvalue weighted by atomic mass is 9.98. The highest BCUT2D eigenvalue weighted by Gasteiger charge is 2.16. The van der Waals surface area contributed by atoms with Crippen LogP contribution in [0.1, 0.15) is 24.3 Å². The third kappa shape index (κ3) is 3.87. The molecule has 2 amide bonds. The van der Waals surface area contributed by atoms with Gasteiger partial charge in [0.05, 0.1) is 5.38 Å². The van der Waals surface area contributed by atoms with Crippen LogP contribution in [0, 0.1) is 0 Å². The number of rotatable bonds is 3. The SMILES string of the molecule is O=C(NC1=CCC(Cl)C=N1)Nc1ccc(C2CCNC2)cc1. The van der Waals surface area contributed by atoms with Crippen LogP contribution in [-0.4, -0.2) is 30.7 Å². The van der Waals surface area contributed by atoms with Crippen LogP contribution in [0.3, 0.4) is 0 Å². The molecule has 22 heavy (non-hydrogen) atoms. The number of alkyl halides is 1. The predicted molar refractivity (Wildman–Crippen MR) is 89.7 cm³/mol. The highest BCUT2D eigenvalue weighted by molar-refractivity contribution is 6.28. The maximum atomic E-state index is 11.9. The van der Waals surface area contributed by atoms with Gasteiger partial charge in [-0.3, -0.25) is 5.32 Å². The van der Waals surface area contributed by atoms with Gasteiger partial charge in [0.2, 0.25) is 0 Å². The first-order chi connectivity index (χ1) is 10.7. The molecule has 2 aliphatic rings. The summed E-state index contributed by atoms with van der Waals surface area (Å²) in [6.07, 6.45) is 5.28. The van der Waals surface area contributed by atoms with Gasteiger partial charge in [0.25, 0.3) is 0 Å². The van der Waals surface area contributed by atoms with Gasteiger partial charge in [0.15, 0.2) is 0 Å². The second-order valence-electron chi connectivity index (χ2n) is 5.51. The van der Waals surface area contributed by atoms with Crippen molar-refractivity contribution in [3.8, 4) is 0 Å². The van der Waals surface area contributed by atoms with Gasteiger partial charge >= 0.3 is 6.03 Å². The molecule has 2 heterocycles. The minimum atomic E-state index is -0.299. The normalized spacial score (nSPS) is 24.0. The van der Waals surface area contributed by atoms with Crippen molar-refractivity contribution in [2.24, 2.45) is 4.99 Å². The summed E-state index contributed by atoms with van der Waals surface area (Å²) >= 11 is 5.89. The molecular weight excluding hydrogens is 300 g/mol. The number of nitrogens with zero attached hydrogens (tertiary/aromatic N) is 1. The van der Waals surface area contributed by atoms with E-state index >= 15 is 0 Å². The number of carbonyl (C=O) groups excluding carboxylic acids is 1. The average molecular weight is 319 g/mol. The maximum Gasteiger partial charge on any atom is 0.324 e. The van der Waals surface area contributed by atoms with Crippen LogP contribution >= 0.6 is 11.6 Å². The molecular formula is C16H19ClN4O. The van der Waals surface area contributed by atoms with E-state index in [-0.39, 0.29) is 11.4 Å². The Morgan fingerprint density at radius 1 is 1.27 bits per heavy atom. The van der Waals surface area contributed by atoms with Crippen molar-refractivity contribution < 1.29 is 4.79 Å². The molecule has 2 unspecified atom stereocenters. The third-order valence-electron chi connectivity index (χ3n) is 3.85. The van der Waals surface area contributed by atoms with Crippen LogP contribution in [-0.2, 0) is 0 Å². The molecule has 1 aromatic rings. The first-order valence-electron chi connectivity index (χ1n) is 7.48. The molecule has 1 fully saturated rings. The van der Waals surface area contributed by atoms with E-state index in [2.05, 4.69) is 33.1 Å². The van der Waals surface area contributed by atoms with Gasteiger partial charge in [-0.2, -0.15) is 0 Å². The molecule has 0 spiro atoms. The molecule has 3 N–H and O–H groups in total. The summed E-state index contributed by atoms with van der Waals surface area (Å²) in [4.78, 5) is 16.0. The summed E-state index contributed by atoms with van der Waals surface area (Å²) in [5.74, 6) is 1.11. The highest BCUT2D eigenvalue weighted by Crippen LogP contribution is 2.23. The second-order valence-corrected chi connectivity index (χ2v) is 6.07. The minimum Gasteiger partial charge on any atom is -0.316 e. The number of carbonyl (C=O) groups is 1. The molecule has 2 aliphatic heterocycles. The molecule has 2 atom stereocenters. The van der Waals surface area contributed by atoms with Crippen molar-refractivity contribution in [2.75, 3.05) is 18.4 Å². The Morgan fingerprint density at radius 3 is 2.73 bits per heavy atom. The Bertz CT molecular complexity index is 591. The van der Waals surface area contributed by atoms with Gasteiger partial charge < -0.3 is 10.6 Å². The summed E-state index contributed by atoms with van der Waals surface area (Å²) in [5.41, 5.74) is 2.08. The number of anilines is 1. The number of allylic oxidation sites excluding steroid dienone is 1. The van der Waals surface area contributed by atoms with E-state index in [1.165, 1.54) is 12.0 Å². The van der Waals surface area contributed by atoms with Gasteiger partial charge in [0, 0.05) is 18.4 Å². The minimum absolute atomic E-state index is 0.0915. The molecule has 6 heteroatoms. The number of amides is 2. The van der Waals surface area contributed by atoms with Crippen molar-refractivity contribution >= 4 is 29.5 Å². The van der Waals surface area contributed by atoms with Crippen LogP contribution < -0.4 is 16.0 Å². The van der Waals surface area contributed by atoms with Gasteiger partial charge in [-0.15, -0.1) is 11.6 Å². The van der Waals surface area contributed by atoms with Crippen molar-refractivity contribution in [1.29, 1.82) is 0 Å². The van der Waals surface area contributed by atoms with Crippen LogP contribution in [0.15, 0.2) is 41.2 Å². The number of hydrogen-bond acceptors (Lipinski definition) is 3. The van der Waals surface area contributed by atoms with E-state index in [0.29, 0.717) is 18.2 Å². The monoisotopic (exact) mass is 318 g/mol. The number of urea groups is 1. The Balaban J connectivity index is 1.54. The summed E-state index contributed by atoms with van der Waals surface area (Å²) in [7, 11) is 0. The zero-order valence-corrected chi connectivity index (χ0v) is 12.9. The number of aliphatic imine (C=N–C) groups is 1. The average Bonchev–Trinajstić information content (AvgIpc) is 3.05. The molecule has 1 aromatic carbocycles. The molecule has 3 rings (SSSR count). The Morgan fingerprint density at radius 2 is 2.09 bits per heavy atom. The summed E-state index contributed by atoms with van der Waals surface area (Å²) in [5, 5.41) is 8.77. The lowest BCUT2D eigenvalue weighted by molar-refractivity contribution is 0.254. The highest BCUT2D eigenvalue weighted by atomic mass is 35.5. The molecule has 1 saturated heterocycles. The van der Waals surface area contributed by atoms with Crippen LogP contribution in [0.25, 0.3) is 0 Å². The van der Waals surface area contributed by atoms with Crippen molar-refractivity contribution in [1.82, 2.24) is 10.6 Å². The number of hydrogen-bond donors (Lipinski definition) is 3. The van der Waals surface area contributed by atoms with E-state index in [0.717, 1.165) is 18.8 Å². The topological polar surface area (TPSA) is 65.5 Å². The number of halogens is 1. The standard InChI is InChI=1S/C16H19ClN4O/c17-13-3-6-15(19-10-13)21-16(22)20-14-4-1-11(2-5-14)12-7-8-18-9-12/h1-2,4-6,10,12-13,18H,3,7-9H2,(H2,20,21,22). The van der Waals surface area contributed by atoms with E-state index < -0.39 is 0 Å². The summed E-state index contributed by atoms with van der Waals surface area (Å²) in [6, 6.07) is 7.71. The van der Waals surface area contributed by atoms with Crippen LogP contribution in [0.2, 0.25) is 0 Å². The summed E-state index contributed by atoms with van der Waals surface area (Å²) in [6.45, 7) is 2.10. The van der Waals surface area contributed by atoms with Crippen LogP contribution in [0.5, 0.6) is 0 Å². The lowest BCUT2D eigenvalue weighted by Crippen LogP contribution is -2.28. The Labute approximate surface area is 134 Å². The molecule has 0 bridgehead atoms. The second kappa shape index (κ2) is 6.94. The first kappa shape index (κ1) is 15.1. The van der Waals surface area contributed by atoms with Crippen molar-refractivity contribution in [3.63, 3.8) is 0 Å². The first-order valence-corrected chi connectivity index (χ1v) is 7.91. The fraction of sp³-hybridized carbons (Fsp3) is 0.375. The van der Waals surface area contributed by atoms with Gasteiger partial charge in [-0.1, -0.05) is 12.1 Å². The number of benzene rings is 1. The molecule has 5 nitrogen and oxygen atoms in total. The molecule has 0 radical (unpaired) electrons. The summed E-state index contributed by atoms with van der Waals surface area (Å²) < 4.78 is 0. The van der Waals surface area contributed by atoms with Crippen LogP contribution in [0.4, 0.5) is 10.5 Å². The quantitative estimate of drug-likeness (QED) is 0.750. The van der Waals surface area contributed by atoms with Gasteiger partial charge in [-0.05, 0) is 49.1 Å². The van der Waals surface area contributed by atoms with E-state index in [4.69, 9.17) is 11.6 Å². The smallest absolute Gasteiger partial charge is 0.316 e. The van der Waals surface area contributed by atoms with E-state index in [1.807, 2.05) is 18.2 Å². The van der Waals surface area contributed by atoms with Crippen molar-refractivity contribution in [2.45, 2.75) is 24.1 Å². The Hall–Kier alpha value is -1.85. The van der Waals surface area contributed by atoms with E-state index in [1.54, 1.807) is 6.21 Å². The third-order valence-corrected chi connectivity index (χ3v) is 4.14.